The van der Waals surface area contributed by atoms with E-state index in [4.69, 9.17) is 9.26 Å². The van der Waals surface area contributed by atoms with Crippen LogP contribution in [-0.2, 0) is 16.0 Å². The fourth-order valence-electron chi connectivity index (χ4n) is 1.44. The highest BCUT2D eigenvalue weighted by atomic mass is 79.9. The van der Waals surface area contributed by atoms with E-state index in [2.05, 4.69) is 26.1 Å². The predicted molar refractivity (Wildman–Crippen MR) is 67.7 cm³/mol. The number of ether oxygens (including phenoxy) is 1. The number of carbonyl (C=O) groups is 1. The maximum Gasteiger partial charge on any atom is 0.315 e. The van der Waals surface area contributed by atoms with Gasteiger partial charge in [0, 0.05) is 10.0 Å². The predicted octanol–water partition coefficient (Wildman–Crippen LogP) is 2.74. The molecule has 7 heteroatoms. The van der Waals surface area contributed by atoms with E-state index in [0.717, 1.165) is 0 Å². The average Bonchev–Trinajstić information content (AvgIpc) is 2.81. The van der Waals surface area contributed by atoms with E-state index in [9.17, 15) is 9.18 Å². The normalized spacial score (nSPS) is 10.5. The molecule has 0 unspecified atom stereocenters. The zero-order chi connectivity index (χ0) is 13.8. The van der Waals surface area contributed by atoms with Gasteiger partial charge in [0.05, 0.1) is 6.61 Å². The van der Waals surface area contributed by atoms with Gasteiger partial charge in [-0.1, -0.05) is 21.1 Å². The summed E-state index contributed by atoms with van der Waals surface area (Å²) in [6.07, 6.45) is -0.103. The highest BCUT2D eigenvalue weighted by Gasteiger charge is 2.15. The van der Waals surface area contributed by atoms with Crippen molar-refractivity contribution in [3.63, 3.8) is 0 Å². The summed E-state index contributed by atoms with van der Waals surface area (Å²) in [5.41, 5.74) is 0.457. The van der Waals surface area contributed by atoms with E-state index in [1.54, 1.807) is 13.0 Å². The minimum Gasteiger partial charge on any atom is -0.466 e. The lowest BCUT2D eigenvalue weighted by Crippen LogP contribution is -2.07. The number of halogens is 2. The van der Waals surface area contributed by atoms with E-state index >= 15 is 0 Å². The third-order valence-electron chi connectivity index (χ3n) is 2.24. The Labute approximate surface area is 116 Å². The number of aromatic nitrogens is 2. The molecule has 0 saturated carbocycles. The molecule has 0 N–H and O–H groups in total. The molecule has 100 valence electrons. The first kappa shape index (κ1) is 13.7. The quantitative estimate of drug-likeness (QED) is 0.807. The number of nitrogens with zero attached hydrogens (tertiary/aromatic N) is 2. The molecular formula is C12H10BrFN2O3. The molecule has 0 aliphatic carbocycles. The third kappa shape index (κ3) is 3.37. The summed E-state index contributed by atoms with van der Waals surface area (Å²) in [4.78, 5) is 15.3. The Morgan fingerprint density at radius 2 is 2.32 bits per heavy atom. The van der Waals surface area contributed by atoms with Crippen LogP contribution >= 0.6 is 15.9 Å². The first-order chi connectivity index (χ1) is 9.10. The van der Waals surface area contributed by atoms with Gasteiger partial charge in [-0.25, -0.2) is 4.39 Å². The van der Waals surface area contributed by atoms with E-state index in [0.29, 0.717) is 10.0 Å². The van der Waals surface area contributed by atoms with Gasteiger partial charge >= 0.3 is 5.97 Å². The largest absolute Gasteiger partial charge is 0.466 e. The van der Waals surface area contributed by atoms with Crippen molar-refractivity contribution < 1.29 is 18.4 Å². The molecule has 0 amide bonds. The van der Waals surface area contributed by atoms with Crippen LogP contribution in [0.2, 0.25) is 0 Å². The van der Waals surface area contributed by atoms with Gasteiger partial charge in [0.1, 0.15) is 12.2 Å². The molecule has 0 saturated heterocycles. The Balaban J connectivity index is 2.21. The second-order valence-corrected chi connectivity index (χ2v) is 4.47. The Bertz CT molecular complexity index is 600. The molecule has 0 aliphatic rings. The van der Waals surface area contributed by atoms with Gasteiger partial charge in [-0.2, -0.15) is 4.98 Å². The number of hydrogen-bond acceptors (Lipinski definition) is 5. The first-order valence-corrected chi connectivity index (χ1v) is 6.33. The minimum absolute atomic E-state index is 0.103. The van der Waals surface area contributed by atoms with Crippen LogP contribution in [0.5, 0.6) is 0 Å². The summed E-state index contributed by atoms with van der Waals surface area (Å²) in [5, 5.41) is 3.71. The molecule has 0 fully saturated rings. The van der Waals surface area contributed by atoms with Crippen LogP contribution in [0.1, 0.15) is 12.8 Å². The average molecular weight is 329 g/mol. The van der Waals surface area contributed by atoms with Crippen molar-refractivity contribution in [2.75, 3.05) is 6.61 Å². The molecule has 0 radical (unpaired) electrons. The number of rotatable bonds is 4. The Morgan fingerprint density at radius 3 is 3.05 bits per heavy atom. The minimum atomic E-state index is -0.448. The summed E-state index contributed by atoms with van der Waals surface area (Å²) in [6.45, 7) is 2.00. The molecular weight excluding hydrogens is 319 g/mol. The summed E-state index contributed by atoms with van der Waals surface area (Å²) in [5.74, 6) is -0.513. The van der Waals surface area contributed by atoms with Crippen LogP contribution in [0.15, 0.2) is 27.2 Å². The number of benzene rings is 1. The van der Waals surface area contributed by atoms with Gasteiger partial charge in [-0.05, 0) is 25.1 Å². The van der Waals surface area contributed by atoms with Crippen molar-refractivity contribution in [2.45, 2.75) is 13.3 Å². The van der Waals surface area contributed by atoms with Crippen molar-refractivity contribution in [1.82, 2.24) is 10.1 Å². The standard InChI is InChI=1S/C12H10BrFN2O3/c1-2-18-11(17)6-10-15-12(16-19-10)8-5-7(14)3-4-9(8)13/h3-5H,2,6H2,1H3. The van der Waals surface area contributed by atoms with E-state index < -0.39 is 11.8 Å². The summed E-state index contributed by atoms with van der Waals surface area (Å²) < 4.78 is 23.5. The number of hydrogen-bond donors (Lipinski definition) is 0. The van der Waals surface area contributed by atoms with Crippen molar-refractivity contribution >= 4 is 21.9 Å². The van der Waals surface area contributed by atoms with Gasteiger partial charge in [0.15, 0.2) is 0 Å². The van der Waals surface area contributed by atoms with E-state index in [1.807, 2.05) is 0 Å². The van der Waals surface area contributed by atoms with Crippen LogP contribution in [0, 0.1) is 5.82 Å². The fraction of sp³-hybridized carbons (Fsp3) is 0.250. The highest BCUT2D eigenvalue weighted by Crippen LogP contribution is 2.26. The zero-order valence-electron chi connectivity index (χ0n) is 10.0. The van der Waals surface area contributed by atoms with Crippen LogP contribution < -0.4 is 0 Å². The van der Waals surface area contributed by atoms with Gasteiger partial charge in [0.25, 0.3) is 0 Å². The molecule has 2 rings (SSSR count). The van der Waals surface area contributed by atoms with Gasteiger partial charge in [0.2, 0.25) is 11.7 Å². The lowest BCUT2D eigenvalue weighted by molar-refractivity contribution is -0.142. The molecule has 0 atom stereocenters. The Hall–Kier alpha value is -1.76. The number of esters is 1. The lowest BCUT2D eigenvalue weighted by Gasteiger charge is -1.98. The van der Waals surface area contributed by atoms with Crippen LogP contribution in [-0.4, -0.2) is 22.7 Å². The Kier molecular flexibility index (Phi) is 4.26. The summed E-state index contributed by atoms with van der Waals surface area (Å²) >= 11 is 3.27. The zero-order valence-corrected chi connectivity index (χ0v) is 11.6. The van der Waals surface area contributed by atoms with Crippen molar-refractivity contribution in [3.05, 3.63) is 34.4 Å². The van der Waals surface area contributed by atoms with Crippen LogP contribution in [0.4, 0.5) is 4.39 Å². The van der Waals surface area contributed by atoms with E-state index in [1.165, 1.54) is 12.1 Å². The van der Waals surface area contributed by atoms with Crippen molar-refractivity contribution in [2.24, 2.45) is 0 Å². The second kappa shape index (κ2) is 5.92. The lowest BCUT2D eigenvalue weighted by atomic mass is 10.2. The highest BCUT2D eigenvalue weighted by molar-refractivity contribution is 9.10. The van der Waals surface area contributed by atoms with Crippen LogP contribution in [0.3, 0.4) is 0 Å². The van der Waals surface area contributed by atoms with Crippen molar-refractivity contribution in [1.29, 1.82) is 0 Å². The maximum atomic E-state index is 13.2. The maximum absolute atomic E-state index is 13.2. The summed E-state index contributed by atoms with van der Waals surface area (Å²) in [7, 11) is 0. The molecule has 19 heavy (non-hydrogen) atoms. The van der Waals surface area contributed by atoms with Gasteiger partial charge in [-0.15, -0.1) is 0 Å². The molecule has 1 aromatic heterocycles. The second-order valence-electron chi connectivity index (χ2n) is 3.62. The monoisotopic (exact) mass is 328 g/mol. The smallest absolute Gasteiger partial charge is 0.315 e. The topological polar surface area (TPSA) is 65.2 Å². The van der Waals surface area contributed by atoms with Gasteiger partial charge < -0.3 is 9.26 Å². The molecule has 2 aromatic rings. The molecule has 0 spiro atoms. The Morgan fingerprint density at radius 1 is 1.53 bits per heavy atom. The van der Waals surface area contributed by atoms with Crippen LogP contribution in [0.25, 0.3) is 11.4 Å². The summed E-state index contributed by atoms with van der Waals surface area (Å²) in [6, 6.07) is 4.14. The fourth-order valence-corrected chi connectivity index (χ4v) is 1.86. The molecule has 0 aliphatic heterocycles. The molecule has 1 aromatic carbocycles. The number of carbonyl (C=O) groups excluding carboxylic acids is 1. The molecule has 5 nitrogen and oxygen atoms in total. The SMILES string of the molecule is CCOC(=O)Cc1nc(-c2cc(F)ccc2Br)no1. The third-order valence-corrected chi connectivity index (χ3v) is 2.93. The first-order valence-electron chi connectivity index (χ1n) is 5.53. The van der Waals surface area contributed by atoms with Gasteiger partial charge in [-0.3, -0.25) is 4.79 Å². The van der Waals surface area contributed by atoms with E-state index in [-0.39, 0.29) is 24.7 Å². The molecule has 1 heterocycles. The van der Waals surface area contributed by atoms with Crippen molar-refractivity contribution in [3.8, 4) is 11.4 Å². The molecule has 0 bridgehead atoms.